The smallest absolute Gasteiger partial charge is 0.237 e. The van der Waals surface area contributed by atoms with Crippen LogP contribution in [0.5, 0.6) is 0 Å². The van der Waals surface area contributed by atoms with E-state index in [4.69, 9.17) is 11.6 Å². The van der Waals surface area contributed by atoms with Crippen LogP contribution < -0.4 is 5.32 Å². The molecule has 2 aromatic carbocycles. The molecule has 1 aromatic heterocycles. The van der Waals surface area contributed by atoms with Crippen molar-refractivity contribution >= 4 is 46.9 Å². The van der Waals surface area contributed by atoms with E-state index in [0.717, 1.165) is 11.8 Å². The fourth-order valence-electron chi connectivity index (χ4n) is 2.44. The predicted molar refractivity (Wildman–Crippen MR) is 113 cm³/mol. The SMILES string of the molecule is C[C@H](Sc1cccc(N=Cc2cccnc2Cl)c1)C(=O)Nc1c(F)c(F)cc(F)c1F. The van der Waals surface area contributed by atoms with E-state index < -0.39 is 40.1 Å². The molecule has 1 N–H and O–H groups in total. The van der Waals surface area contributed by atoms with E-state index >= 15 is 0 Å². The maximum absolute atomic E-state index is 13.8. The van der Waals surface area contributed by atoms with Gasteiger partial charge in [0.25, 0.3) is 0 Å². The van der Waals surface area contributed by atoms with Crippen molar-refractivity contribution in [3.05, 3.63) is 82.6 Å². The first-order valence-electron chi connectivity index (χ1n) is 8.81. The Bertz CT molecular complexity index is 1130. The van der Waals surface area contributed by atoms with Gasteiger partial charge in [0.15, 0.2) is 23.3 Å². The third-order valence-corrected chi connectivity index (χ3v) is 5.41. The number of aromatic nitrogens is 1. The van der Waals surface area contributed by atoms with Gasteiger partial charge in [0.1, 0.15) is 10.8 Å². The lowest BCUT2D eigenvalue weighted by Gasteiger charge is -2.14. The van der Waals surface area contributed by atoms with Crippen LogP contribution >= 0.6 is 23.4 Å². The number of amides is 1. The molecule has 0 aliphatic rings. The van der Waals surface area contributed by atoms with Gasteiger partial charge in [0.05, 0.1) is 10.9 Å². The van der Waals surface area contributed by atoms with Gasteiger partial charge in [0, 0.05) is 28.9 Å². The van der Waals surface area contributed by atoms with Gasteiger partial charge in [0.2, 0.25) is 5.91 Å². The highest BCUT2D eigenvalue weighted by atomic mass is 35.5. The fraction of sp³-hybridized carbons (Fsp3) is 0.0952. The van der Waals surface area contributed by atoms with Crippen LogP contribution in [0.1, 0.15) is 12.5 Å². The highest BCUT2D eigenvalue weighted by Crippen LogP contribution is 2.29. The summed E-state index contributed by atoms with van der Waals surface area (Å²) in [5.41, 5.74) is 0.0322. The third-order valence-electron chi connectivity index (χ3n) is 4.00. The molecule has 0 aliphatic carbocycles. The molecule has 1 atom stereocenters. The van der Waals surface area contributed by atoms with Crippen molar-refractivity contribution in [2.75, 3.05) is 5.32 Å². The Morgan fingerprint density at radius 3 is 2.52 bits per heavy atom. The molecular weight excluding hydrogens is 454 g/mol. The van der Waals surface area contributed by atoms with Crippen LogP contribution in [0.15, 0.2) is 58.5 Å². The van der Waals surface area contributed by atoms with Crippen LogP contribution in [0, 0.1) is 23.3 Å². The molecule has 0 spiro atoms. The van der Waals surface area contributed by atoms with Crippen LogP contribution in [0.4, 0.5) is 28.9 Å². The molecule has 0 fully saturated rings. The average Bonchev–Trinajstić information content (AvgIpc) is 2.75. The van der Waals surface area contributed by atoms with E-state index in [1.165, 1.54) is 6.92 Å². The first-order valence-corrected chi connectivity index (χ1v) is 10.1. The van der Waals surface area contributed by atoms with Crippen LogP contribution in [-0.4, -0.2) is 22.4 Å². The summed E-state index contributed by atoms with van der Waals surface area (Å²) in [5, 5.41) is 1.37. The number of anilines is 1. The van der Waals surface area contributed by atoms with Crippen molar-refractivity contribution < 1.29 is 22.4 Å². The minimum Gasteiger partial charge on any atom is -0.320 e. The van der Waals surface area contributed by atoms with Crippen molar-refractivity contribution in [1.82, 2.24) is 4.98 Å². The van der Waals surface area contributed by atoms with Crippen molar-refractivity contribution in [1.29, 1.82) is 0 Å². The Kier molecular flexibility index (Phi) is 7.29. The van der Waals surface area contributed by atoms with E-state index in [0.29, 0.717) is 21.3 Å². The number of carbonyl (C=O) groups excluding carboxylic acids is 1. The van der Waals surface area contributed by atoms with E-state index in [1.807, 2.05) is 5.32 Å². The van der Waals surface area contributed by atoms with E-state index in [2.05, 4.69) is 9.98 Å². The lowest BCUT2D eigenvalue weighted by Crippen LogP contribution is -2.24. The Balaban J connectivity index is 1.71. The Morgan fingerprint density at radius 2 is 1.84 bits per heavy atom. The number of thioether (sulfide) groups is 1. The number of pyridine rings is 1. The normalized spacial score (nSPS) is 12.2. The number of hydrogen-bond acceptors (Lipinski definition) is 4. The van der Waals surface area contributed by atoms with E-state index in [1.54, 1.807) is 48.8 Å². The number of nitrogens with zero attached hydrogens (tertiary/aromatic N) is 2. The quantitative estimate of drug-likeness (QED) is 0.155. The number of nitrogens with one attached hydrogen (secondary N) is 1. The second kappa shape index (κ2) is 9.93. The maximum atomic E-state index is 13.8. The van der Waals surface area contributed by atoms with Gasteiger partial charge in [-0.3, -0.25) is 9.79 Å². The molecule has 0 bridgehead atoms. The van der Waals surface area contributed by atoms with Gasteiger partial charge in [-0.15, -0.1) is 11.8 Å². The van der Waals surface area contributed by atoms with Gasteiger partial charge in [-0.2, -0.15) is 0 Å². The molecule has 0 unspecified atom stereocenters. The van der Waals surface area contributed by atoms with E-state index in [9.17, 15) is 22.4 Å². The van der Waals surface area contributed by atoms with Crippen molar-refractivity contribution in [2.24, 2.45) is 4.99 Å². The summed E-state index contributed by atoms with van der Waals surface area (Å²) < 4.78 is 54.2. The van der Waals surface area contributed by atoms with E-state index in [-0.39, 0.29) is 6.07 Å². The van der Waals surface area contributed by atoms with Crippen LogP contribution in [0.2, 0.25) is 5.15 Å². The van der Waals surface area contributed by atoms with Gasteiger partial charge in [-0.25, -0.2) is 22.5 Å². The number of rotatable bonds is 6. The topological polar surface area (TPSA) is 54.4 Å². The molecular formula is C21H14ClF4N3OS. The van der Waals surface area contributed by atoms with Crippen molar-refractivity contribution in [2.45, 2.75) is 17.1 Å². The van der Waals surface area contributed by atoms with Gasteiger partial charge < -0.3 is 5.32 Å². The number of aliphatic imine (C=N–C) groups is 1. The largest absolute Gasteiger partial charge is 0.320 e. The second-order valence-electron chi connectivity index (χ2n) is 6.23. The summed E-state index contributed by atoms with van der Waals surface area (Å²) in [6, 6.07) is 10.4. The third kappa shape index (κ3) is 5.62. The molecule has 0 saturated carbocycles. The molecule has 31 heavy (non-hydrogen) atoms. The molecule has 0 radical (unpaired) electrons. The summed E-state index contributed by atoms with van der Waals surface area (Å²) in [5.74, 6) is -7.38. The van der Waals surface area contributed by atoms with Gasteiger partial charge >= 0.3 is 0 Å². The highest BCUT2D eigenvalue weighted by Gasteiger charge is 2.23. The molecule has 3 rings (SSSR count). The number of halogens is 5. The minimum atomic E-state index is -1.67. The zero-order chi connectivity index (χ0) is 22.5. The molecule has 0 saturated heterocycles. The van der Waals surface area contributed by atoms with Crippen LogP contribution in [0.25, 0.3) is 0 Å². The lowest BCUT2D eigenvalue weighted by atomic mass is 10.2. The number of carbonyl (C=O) groups is 1. The summed E-state index contributed by atoms with van der Waals surface area (Å²) in [7, 11) is 0. The summed E-state index contributed by atoms with van der Waals surface area (Å²) in [6.07, 6.45) is 3.10. The molecule has 1 heterocycles. The maximum Gasteiger partial charge on any atom is 0.237 e. The van der Waals surface area contributed by atoms with Crippen LogP contribution in [0.3, 0.4) is 0 Å². The first-order chi connectivity index (χ1) is 14.8. The van der Waals surface area contributed by atoms with Gasteiger partial charge in [-0.1, -0.05) is 17.7 Å². The zero-order valence-electron chi connectivity index (χ0n) is 15.9. The molecule has 1 amide bonds. The first kappa shape index (κ1) is 22.8. The van der Waals surface area contributed by atoms with Gasteiger partial charge in [-0.05, 0) is 37.3 Å². The Labute approximate surface area is 184 Å². The summed E-state index contributed by atoms with van der Waals surface area (Å²) in [4.78, 5) is 21.2. The standard InChI is InChI=1S/C21H14ClF4N3OS/c1-11(21(30)29-19-17(25)15(23)9-16(24)18(19)26)31-14-6-2-5-13(8-14)28-10-12-4-3-7-27-20(12)22/h2-11H,1H3,(H,29,30)/t11-/m0/s1. The molecule has 10 heteroatoms. The molecule has 0 aliphatic heterocycles. The van der Waals surface area contributed by atoms with Crippen molar-refractivity contribution in [3.63, 3.8) is 0 Å². The Morgan fingerprint density at radius 1 is 1.13 bits per heavy atom. The monoisotopic (exact) mass is 467 g/mol. The average molecular weight is 468 g/mol. The lowest BCUT2D eigenvalue weighted by molar-refractivity contribution is -0.115. The Hall–Kier alpha value is -2.91. The molecule has 3 aromatic rings. The highest BCUT2D eigenvalue weighted by molar-refractivity contribution is 8.00. The fourth-order valence-corrected chi connectivity index (χ4v) is 3.53. The second-order valence-corrected chi connectivity index (χ2v) is 8.00. The molecule has 4 nitrogen and oxygen atoms in total. The number of benzene rings is 2. The minimum absolute atomic E-state index is 0.0726. The summed E-state index contributed by atoms with van der Waals surface area (Å²) >= 11 is 7.06. The number of hydrogen-bond donors (Lipinski definition) is 1. The summed E-state index contributed by atoms with van der Waals surface area (Å²) in [6.45, 7) is 1.48. The van der Waals surface area contributed by atoms with Crippen LogP contribution in [-0.2, 0) is 4.79 Å². The molecule has 160 valence electrons. The predicted octanol–water partition coefficient (Wildman–Crippen LogP) is 6.16. The zero-order valence-corrected chi connectivity index (χ0v) is 17.4. The van der Waals surface area contributed by atoms with Crippen molar-refractivity contribution in [3.8, 4) is 0 Å².